The van der Waals surface area contributed by atoms with Crippen molar-refractivity contribution in [1.29, 1.82) is 0 Å². The lowest BCUT2D eigenvalue weighted by Gasteiger charge is -2.15. The van der Waals surface area contributed by atoms with Gasteiger partial charge in [0.05, 0.1) is 5.92 Å². The van der Waals surface area contributed by atoms with Crippen molar-refractivity contribution in [3.05, 3.63) is 5.01 Å². The second-order valence-corrected chi connectivity index (χ2v) is 7.81. The maximum absolute atomic E-state index is 12.1. The van der Waals surface area contributed by atoms with Gasteiger partial charge < -0.3 is 10.2 Å². The SMILES string of the molecule is CC(C)(C)c1nnc(N2CCC(C(=O)NC3CC3)C2)s1. The van der Waals surface area contributed by atoms with Crippen LogP contribution in [0, 0.1) is 5.92 Å². The molecule has 1 amide bonds. The minimum Gasteiger partial charge on any atom is -0.353 e. The first-order valence-electron chi connectivity index (χ1n) is 7.33. The van der Waals surface area contributed by atoms with Crippen LogP contribution in [0.2, 0.25) is 0 Å². The van der Waals surface area contributed by atoms with E-state index in [0.29, 0.717) is 6.04 Å². The van der Waals surface area contributed by atoms with Gasteiger partial charge >= 0.3 is 0 Å². The van der Waals surface area contributed by atoms with Crippen LogP contribution in [0.15, 0.2) is 0 Å². The first-order valence-corrected chi connectivity index (χ1v) is 8.14. The number of hydrogen-bond donors (Lipinski definition) is 1. The van der Waals surface area contributed by atoms with Crippen LogP contribution in [-0.2, 0) is 10.2 Å². The standard InChI is InChI=1S/C14H22N4OS/c1-14(2,3)12-16-17-13(20-12)18-7-6-9(8-18)11(19)15-10-4-5-10/h9-10H,4-8H2,1-3H3,(H,15,19). The summed E-state index contributed by atoms with van der Waals surface area (Å²) in [5.41, 5.74) is 0.0401. The summed E-state index contributed by atoms with van der Waals surface area (Å²) in [6.07, 6.45) is 3.21. The highest BCUT2D eigenvalue weighted by Crippen LogP contribution is 2.32. The maximum Gasteiger partial charge on any atom is 0.225 e. The molecule has 1 saturated carbocycles. The number of carbonyl (C=O) groups excluding carboxylic acids is 1. The van der Waals surface area contributed by atoms with Gasteiger partial charge in [-0.15, -0.1) is 10.2 Å². The third kappa shape index (κ3) is 2.95. The highest BCUT2D eigenvalue weighted by atomic mass is 32.1. The number of nitrogens with zero attached hydrogens (tertiary/aromatic N) is 3. The van der Waals surface area contributed by atoms with E-state index in [9.17, 15) is 4.79 Å². The maximum atomic E-state index is 12.1. The van der Waals surface area contributed by atoms with Crippen molar-refractivity contribution in [3.8, 4) is 0 Å². The molecule has 0 spiro atoms. The molecule has 0 radical (unpaired) electrons. The molecule has 5 nitrogen and oxygen atoms in total. The fourth-order valence-corrected chi connectivity index (χ4v) is 3.28. The van der Waals surface area contributed by atoms with Gasteiger partial charge in [0.15, 0.2) is 0 Å². The summed E-state index contributed by atoms with van der Waals surface area (Å²) in [6, 6.07) is 0.450. The summed E-state index contributed by atoms with van der Waals surface area (Å²) in [7, 11) is 0. The fraction of sp³-hybridized carbons (Fsp3) is 0.786. The summed E-state index contributed by atoms with van der Waals surface area (Å²) in [5, 5.41) is 13.7. The molecule has 2 aliphatic rings. The Balaban J connectivity index is 1.61. The summed E-state index contributed by atoms with van der Waals surface area (Å²) in [6.45, 7) is 8.12. The van der Waals surface area contributed by atoms with Crippen molar-refractivity contribution in [1.82, 2.24) is 15.5 Å². The lowest BCUT2D eigenvalue weighted by atomic mass is 9.98. The Labute approximate surface area is 123 Å². The first kappa shape index (κ1) is 13.8. The number of anilines is 1. The number of amides is 1. The fourth-order valence-electron chi connectivity index (χ4n) is 2.34. The number of aromatic nitrogens is 2. The van der Waals surface area contributed by atoms with Crippen LogP contribution in [0.4, 0.5) is 5.13 Å². The van der Waals surface area contributed by atoms with Crippen molar-refractivity contribution < 1.29 is 4.79 Å². The molecule has 0 bridgehead atoms. The lowest BCUT2D eigenvalue weighted by Crippen LogP contribution is -2.34. The summed E-state index contributed by atoms with van der Waals surface area (Å²) in [4.78, 5) is 14.3. The van der Waals surface area contributed by atoms with E-state index in [2.05, 4.69) is 41.2 Å². The van der Waals surface area contributed by atoms with E-state index < -0.39 is 0 Å². The Morgan fingerprint density at radius 2 is 2.05 bits per heavy atom. The van der Waals surface area contributed by atoms with Crippen LogP contribution < -0.4 is 10.2 Å². The molecule has 0 aromatic carbocycles. The number of nitrogens with one attached hydrogen (secondary N) is 1. The Hall–Kier alpha value is -1.17. The predicted octanol–water partition coefficient (Wildman–Crippen LogP) is 1.94. The summed E-state index contributed by atoms with van der Waals surface area (Å²) in [5.74, 6) is 0.327. The van der Waals surface area contributed by atoms with Gasteiger partial charge in [0.1, 0.15) is 5.01 Å². The first-order chi connectivity index (χ1) is 9.43. The van der Waals surface area contributed by atoms with Crippen LogP contribution in [0.1, 0.15) is 45.0 Å². The molecule has 6 heteroatoms. The molecule has 1 atom stereocenters. The molecule has 1 unspecified atom stereocenters. The second-order valence-electron chi connectivity index (χ2n) is 6.85. The van der Waals surface area contributed by atoms with Crippen LogP contribution in [0.5, 0.6) is 0 Å². The molecule has 2 heterocycles. The van der Waals surface area contributed by atoms with Crippen molar-refractivity contribution >= 4 is 22.4 Å². The van der Waals surface area contributed by atoms with E-state index in [4.69, 9.17) is 0 Å². The second kappa shape index (κ2) is 4.98. The molecular formula is C14H22N4OS. The average molecular weight is 294 g/mol. The van der Waals surface area contributed by atoms with Crippen LogP contribution in [-0.4, -0.2) is 35.2 Å². The van der Waals surface area contributed by atoms with Gasteiger partial charge in [-0.3, -0.25) is 4.79 Å². The van der Waals surface area contributed by atoms with Crippen LogP contribution >= 0.6 is 11.3 Å². The molecule has 1 aliphatic carbocycles. The van der Waals surface area contributed by atoms with Gasteiger partial charge in [0.2, 0.25) is 11.0 Å². The Morgan fingerprint density at radius 1 is 1.30 bits per heavy atom. The van der Waals surface area contributed by atoms with E-state index in [1.165, 1.54) is 0 Å². The molecule has 110 valence electrons. The summed E-state index contributed by atoms with van der Waals surface area (Å²) >= 11 is 1.65. The normalized spacial score (nSPS) is 23.1. The average Bonchev–Trinajstić information content (AvgIpc) is 2.91. The molecule has 1 saturated heterocycles. The highest BCUT2D eigenvalue weighted by Gasteiger charge is 2.33. The molecule has 1 N–H and O–H groups in total. The lowest BCUT2D eigenvalue weighted by molar-refractivity contribution is -0.124. The molecular weight excluding hydrogens is 272 g/mol. The zero-order chi connectivity index (χ0) is 14.3. The van der Waals surface area contributed by atoms with E-state index in [0.717, 1.165) is 42.5 Å². The van der Waals surface area contributed by atoms with Crippen molar-refractivity contribution in [3.63, 3.8) is 0 Å². The molecule has 2 fully saturated rings. The van der Waals surface area contributed by atoms with Gasteiger partial charge in [0.25, 0.3) is 0 Å². The van der Waals surface area contributed by atoms with Gasteiger partial charge in [-0.1, -0.05) is 32.1 Å². The predicted molar refractivity (Wildman–Crippen MR) is 80.1 cm³/mol. The molecule has 1 aliphatic heterocycles. The summed E-state index contributed by atoms with van der Waals surface area (Å²) < 4.78 is 0. The third-order valence-electron chi connectivity index (χ3n) is 3.81. The minimum absolute atomic E-state index is 0.0401. The number of carbonyl (C=O) groups is 1. The highest BCUT2D eigenvalue weighted by molar-refractivity contribution is 7.15. The topological polar surface area (TPSA) is 58.1 Å². The van der Waals surface area contributed by atoms with Crippen LogP contribution in [0.3, 0.4) is 0 Å². The molecule has 1 aromatic rings. The van der Waals surface area contributed by atoms with Gasteiger partial charge in [-0.2, -0.15) is 0 Å². The third-order valence-corrected chi connectivity index (χ3v) is 5.22. The van der Waals surface area contributed by atoms with Crippen molar-refractivity contribution in [2.45, 2.75) is 51.5 Å². The van der Waals surface area contributed by atoms with Crippen molar-refractivity contribution in [2.24, 2.45) is 5.92 Å². The Kier molecular flexibility index (Phi) is 3.44. The van der Waals surface area contributed by atoms with Gasteiger partial charge in [-0.05, 0) is 19.3 Å². The van der Waals surface area contributed by atoms with Crippen molar-refractivity contribution in [2.75, 3.05) is 18.0 Å². The largest absolute Gasteiger partial charge is 0.353 e. The smallest absolute Gasteiger partial charge is 0.225 e. The number of rotatable bonds is 3. The van der Waals surface area contributed by atoms with E-state index in [1.807, 2.05) is 0 Å². The Bertz CT molecular complexity index is 504. The molecule has 1 aromatic heterocycles. The quantitative estimate of drug-likeness (QED) is 0.925. The zero-order valence-corrected chi connectivity index (χ0v) is 13.2. The zero-order valence-electron chi connectivity index (χ0n) is 12.3. The van der Waals surface area contributed by atoms with Crippen LogP contribution in [0.25, 0.3) is 0 Å². The van der Waals surface area contributed by atoms with Gasteiger partial charge in [0, 0.05) is 24.5 Å². The molecule has 3 rings (SSSR count). The number of hydrogen-bond acceptors (Lipinski definition) is 5. The van der Waals surface area contributed by atoms with E-state index in [1.54, 1.807) is 11.3 Å². The Morgan fingerprint density at radius 3 is 2.65 bits per heavy atom. The minimum atomic E-state index is 0.0401. The van der Waals surface area contributed by atoms with E-state index in [-0.39, 0.29) is 17.2 Å². The van der Waals surface area contributed by atoms with Gasteiger partial charge in [-0.25, -0.2) is 0 Å². The van der Waals surface area contributed by atoms with E-state index >= 15 is 0 Å². The molecule has 20 heavy (non-hydrogen) atoms. The monoisotopic (exact) mass is 294 g/mol.